The Hall–Kier alpha value is -2.88. The van der Waals surface area contributed by atoms with Crippen LogP contribution in [0.1, 0.15) is 18.1 Å². The van der Waals surface area contributed by atoms with Gasteiger partial charge in [-0.25, -0.2) is 13.1 Å². The fraction of sp³-hybridized carbons (Fsp3) is 0.308. The number of halogens is 3. The molecule has 0 radical (unpaired) electrons. The molecule has 3 aromatic rings. The summed E-state index contributed by atoms with van der Waals surface area (Å²) >= 11 is 0. The van der Waals surface area contributed by atoms with E-state index in [-0.39, 0.29) is 11.4 Å². The molecular formula is C26H28F3N3O2S. The SMILES string of the molecule is C[C@@](CNS(=O)(=O)c1ccccc1)(c1ccccc1)N1CCN(c2cccc(C(F)(F)F)c2)CC1. The molecule has 186 valence electrons. The zero-order chi connectivity index (χ0) is 25.1. The zero-order valence-electron chi connectivity index (χ0n) is 19.4. The van der Waals surface area contributed by atoms with Gasteiger partial charge in [-0.1, -0.05) is 54.6 Å². The third kappa shape index (κ3) is 5.69. The van der Waals surface area contributed by atoms with Crippen molar-refractivity contribution in [3.63, 3.8) is 0 Å². The van der Waals surface area contributed by atoms with E-state index in [0.29, 0.717) is 31.9 Å². The van der Waals surface area contributed by atoms with E-state index in [4.69, 9.17) is 0 Å². The first-order valence-electron chi connectivity index (χ1n) is 11.4. The summed E-state index contributed by atoms with van der Waals surface area (Å²) in [6.07, 6.45) is -4.39. The predicted octanol–water partition coefficient (Wildman–Crippen LogP) is 4.72. The Morgan fingerprint density at radius 1 is 0.800 bits per heavy atom. The Kier molecular flexibility index (Phi) is 7.21. The van der Waals surface area contributed by atoms with E-state index < -0.39 is 27.3 Å². The molecule has 0 unspecified atom stereocenters. The lowest BCUT2D eigenvalue weighted by Gasteiger charge is -2.47. The molecule has 0 aromatic heterocycles. The third-order valence-electron chi connectivity index (χ3n) is 6.57. The van der Waals surface area contributed by atoms with Crippen molar-refractivity contribution in [1.82, 2.24) is 9.62 Å². The second-order valence-corrected chi connectivity index (χ2v) is 10.6. The van der Waals surface area contributed by atoms with E-state index in [1.807, 2.05) is 42.2 Å². The van der Waals surface area contributed by atoms with Crippen LogP contribution in [0.5, 0.6) is 0 Å². The van der Waals surface area contributed by atoms with Crippen LogP contribution in [0.3, 0.4) is 0 Å². The van der Waals surface area contributed by atoms with Crippen molar-refractivity contribution in [1.29, 1.82) is 0 Å². The van der Waals surface area contributed by atoms with Gasteiger partial charge in [0, 0.05) is 38.4 Å². The Labute approximate surface area is 204 Å². The number of piperazine rings is 1. The molecule has 3 aromatic carbocycles. The molecule has 35 heavy (non-hydrogen) atoms. The maximum absolute atomic E-state index is 13.2. The lowest BCUT2D eigenvalue weighted by Crippen LogP contribution is -2.58. The van der Waals surface area contributed by atoms with Crippen LogP contribution in [0.2, 0.25) is 0 Å². The zero-order valence-corrected chi connectivity index (χ0v) is 20.2. The summed E-state index contributed by atoms with van der Waals surface area (Å²) in [5.41, 5.74) is 0.180. The van der Waals surface area contributed by atoms with Gasteiger partial charge in [0.05, 0.1) is 16.0 Å². The quantitative estimate of drug-likeness (QED) is 0.507. The largest absolute Gasteiger partial charge is 0.416 e. The molecule has 0 bridgehead atoms. The minimum absolute atomic E-state index is 0.151. The molecule has 5 nitrogen and oxygen atoms in total. The van der Waals surface area contributed by atoms with E-state index in [2.05, 4.69) is 9.62 Å². The van der Waals surface area contributed by atoms with Crippen LogP contribution >= 0.6 is 0 Å². The van der Waals surface area contributed by atoms with Crippen molar-refractivity contribution >= 4 is 15.7 Å². The highest BCUT2D eigenvalue weighted by atomic mass is 32.2. The van der Waals surface area contributed by atoms with Crippen molar-refractivity contribution in [2.75, 3.05) is 37.6 Å². The second kappa shape index (κ2) is 10.0. The number of sulfonamides is 1. The van der Waals surface area contributed by atoms with Gasteiger partial charge in [0.1, 0.15) is 0 Å². The molecule has 0 spiro atoms. The Morgan fingerprint density at radius 3 is 1.97 bits per heavy atom. The Bertz CT molecular complexity index is 1230. The Balaban J connectivity index is 1.53. The first-order chi connectivity index (χ1) is 16.6. The van der Waals surface area contributed by atoms with Gasteiger partial charge in [-0.2, -0.15) is 13.2 Å². The number of hydrogen-bond donors (Lipinski definition) is 1. The highest BCUT2D eigenvalue weighted by Crippen LogP contribution is 2.33. The van der Waals surface area contributed by atoms with E-state index in [1.54, 1.807) is 36.4 Å². The average molecular weight is 504 g/mol. The van der Waals surface area contributed by atoms with Gasteiger partial charge < -0.3 is 4.90 Å². The molecule has 9 heteroatoms. The molecule has 0 saturated carbocycles. The molecule has 1 fully saturated rings. The summed E-state index contributed by atoms with van der Waals surface area (Å²) in [5.74, 6) is 0. The van der Waals surface area contributed by atoms with Gasteiger partial charge in [0.15, 0.2) is 0 Å². The van der Waals surface area contributed by atoms with E-state index in [9.17, 15) is 21.6 Å². The Morgan fingerprint density at radius 2 is 1.37 bits per heavy atom. The normalized spacial score (nSPS) is 17.2. The van der Waals surface area contributed by atoms with Crippen molar-refractivity contribution in [2.45, 2.75) is 23.5 Å². The number of benzene rings is 3. The maximum atomic E-state index is 13.2. The molecular weight excluding hydrogens is 475 g/mol. The van der Waals surface area contributed by atoms with Gasteiger partial charge in [-0.3, -0.25) is 4.90 Å². The number of hydrogen-bond acceptors (Lipinski definition) is 4. The standard InChI is InChI=1S/C26H28F3N3O2S/c1-25(21-9-4-2-5-10-21,20-30-35(33,34)24-13-6-3-7-14-24)32-17-15-31(16-18-32)23-12-8-11-22(19-23)26(27,28)29/h2-14,19,30H,15-18,20H2,1H3/t25-/m1/s1. The van der Waals surface area contributed by atoms with Crippen LogP contribution in [0.15, 0.2) is 89.8 Å². The summed E-state index contributed by atoms with van der Waals surface area (Å²) in [5, 5.41) is 0. The smallest absolute Gasteiger partial charge is 0.369 e. The van der Waals surface area contributed by atoms with Gasteiger partial charge in [0.25, 0.3) is 0 Å². The molecule has 0 aliphatic carbocycles. The van der Waals surface area contributed by atoms with Crippen molar-refractivity contribution < 1.29 is 21.6 Å². The minimum atomic E-state index is -4.39. The van der Waals surface area contributed by atoms with E-state index in [0.717, 1.165) is 11.6 Å². The van der Waals surface area contributed by atoms with Crippen LogP contribution in [0.25, 0.3) is 0 Å². The monoisotopic (exact) mass is 503 g/mol. The highest BCUT2D eigenvalue weighted by Gasteiger charge is 2.37. The van der Waals surface area contributed by atoms with Gasteiger partial charge in [-0.15, -0.1) is 0 Å². The molecule has 1 aliphatic rings. The molecule has 1 atom stereocenters. The average Bonchev–Trinajstić information content (AvgIpc) is 2.88. The molecule has 0 amide bonds. The van der Waals surface area contributed by atoms with Crippen LogP contribution in [-0.2, 0) is 21.7 Å². The highest BCUT2D eigenvalue weighted by molar-refractivity contribution is 7.89. The molecule has 4 rings (SSSR count). The number of anilines is 1. The van der Waals surface area contributed by atoms with Crippen molar-refractivity contribution in [3.8, 4) is 0 Å². The fourth-order valence-corrected chi connectivity index (χ4v) is 5.60. The van der Waals surface area contributed by atoms with Gasteiger partial charge in [-0.05, 0) is 42.8 Å². The topological polar surface area (TPSA) is 52.7 Å². The summed E-state index contributed by atoms with van der Waals surface area (Å²) in [7, 11) is -3.71. The number of alkyl halides is 3. The molecule has 1 N–H and O–H groups in total. The van der Waals surface area contributed by atoms with Crippen LogP contribution in [-0.4, -0.2) is 46.0 Å². The summed E-state index contributed by atoms with van der Waals surface area (Å²) in [6, 6.07) is 23.3. The van der Waals surface area contributed by atoms with E-state index in [1.165, 1.54) is 12.1 Å². The molecule has 1 heterocycles. The minimum Gasteiger partial charge on any atom is -0.369 e. The molecule has 1 saturated heterocycles. The summed E-state index contributed by atoms with van der Waals surface area (Å²) < 4.78 is 68.1. The first kappa shape index (κ1) is 25.2. The summed E-state index contributed by atoms with van der Waals surface area (Å²) in [4.78, 5) is 4.33. The third-order valence-corrected chi connectivity index (χ3v) is 7.99. The predicted molar refractivity (Wildman–Crippen MR) is 131 cm³/mol. The van der Waals surface area contributed by atoms with Crippen LogP contribution in [0, 0.1) is 0 Å². The number of nitrogens with zero attached hydrogens (tertiary/aromatic N) is 2. The van der Waals surface area contributed by atoms with Gasteiger partial charge >= 0.3 is 6.18 Å². The second-order valence-electron chi connectivity index (χ2n) is 8.80. The number of rotatable bonds is 7. The lowest BCUT2D eigenvalue weighted by atomic mass is 9.89. The lowest BCUT2D eigenvalue weighted by molar-refractivity contribution is -0.137. The number of nitrogens with one attached hydrogen (secondary N) is 1. The van der Waals surface area contributed by atoms with Crippen molar-refractivity contribution in [2.24, 2.45) is 0 Å². The van der Waals surface area contributed by atoms with Crippen LogP contribution in [0.4, 0.5) is 18.9 Å². The van der Waals surface area contributed by atoms with Crippen molar-refractivity contribution in [3.05, 3.63) is 96.1 Å². The summed E-state index contributed by atoms with van der Waals surface area (Å²) in [6.45, 7) is 4.32. The van der Waals surface area contributed by atoms with Crippen LogP contribution < -0.4 is 9.62 Å². The fourth-order valence-electron chi connectivity index (χ4n) is 4.45. The maximum Gasteiger partial charge on any atom is 0.416 e. The molecule has 1 aliphatic heterocycles. The first-order valence-corrected chi connectivity index (χ1v) is 12.9. The van der Waals surface area contributed by atoms with Gasteiger partial charge in [0.2, 0.25) is 10.0 Å². The van der Waals surface area contributed by atoms with E-state index >= 15 is 0 Å².